The quantitative estimate of drug-likeness (QED) is 0.727. The molecule has 0 saturated carbocycles. The Hall–Kier alpha value is -1.19. The molecule has 0 aliphatic heterocycles. The van der Waals surface area contributed by atoms with Crippen LogP contribution in [0.2, 0.25) is 0 Å². The van der Waals surface area contributed by atoms with Crippen LogP contribution in [0.4, 0.5) is 13.2 Å². The Kier molecular flexibility index (Phi) is 4.65. The molecule has 18 heavy (non-hydrogen) atoms. The van der Waals surface area contributed by atoms with Gasteiger partial charge in [-0.25, -0.2) is 0 Å². The van der Waals surface area contributed by atoms with Crippen LogP contribution in [0.15, 0.2) is 24.3 Å². The molecule has 0 aliphatic carbocycles. The summed E-state index contributed by atoms with van der Waals surface area (Å²) >= 11 is 0. The summed E-state index contributed by atoms with van der Waals surface area (Å²) < 4.78 is 39.8. The van der Waals surface area contributed by atoms with Crippen molar-refractivity contribution in [3.63, 3.8) is 0 Å². The van der Waals surface area contributed by atoms with E-state index >= 15 is 0 Å². The highest BCUT2D eigenvalue weighted by atomic mass is 19.4. The molecule has 0 amide bonds. The molecule has 4 heteroatoms. The Labute approximate surface area is 106 Å². The molecule has 0 fully saturated rings. The van der Waals surface area contributed by atoms with Crippen LogP contribution >= 0.6 is 0 Å². The van der Waals surface area contributed by atoms with E-state index in [1.807, 2.05) is 0 Å². The van der Waals surface area contributed by atoms with Crippen molar-refractivity contribution in [1.29, 1.82) is 0 Å². The van der Waals surface area contributed by atoms with Crippen LogP contribution in [-0.4, -0.2) is 6.36 Å². The molecular formula is C14H19F3O. The minimum Gasteiger partial charge on any atom is -0.406 e. The third-order valence-corrected chi connectivity index (χ3v) is 2.77. The Bertz CT molecular complexity index is 366. The van der Waals surface area contributed by atoms with E-state index in [1.54, 1.807) is 12.1 Å². The number of halogens is 3. The van der Waals surface area contributed by atoms with Crippen molar-refractivity contribution in [2.75, 3.05) is 0 Å². The average molecular weight is 260 g/mol. The highest BCUT2D eigenvalue weighted by molar-refractivity contribution is 5.28. The van der Waals surface area contributed by atoms with Gasteiger partial charge in [-0.15, -0.1) is 13.2 Å². The van der Waals surface area contributed by atoms with Gasteiger partial charge >= 0.3 is 6.36 Å². The lowest BCUT2D eigenvalue weighted by atomic mass is 9.82. The second kappa shape index (κ2) is 5.63. The van der Waals surface area contributed by atoms with Gasteiger partial charge in [-0.05, 0) is 36.0 Å². The fourth-order valence-corrected chi connectivity index (χ4v) is 2.13. The molecule has 1 aromatic carbocycles. The van der Waals surface area contributed by atoms with Gasteiger partial charge in [0.05, 0.1) is 0 Å². The van der Waals surface area contributed by atoms with Gasteiger partial charge in [-0.1, -0.05) is 39.3 Å². The molecule has 0 aliphatic rings. The highest BCUT2D eigenvalue weighted by Crippen LogP contribution is 2.29. The van der Waals surface area contributed by atoms with Crippen LogP contribution in [0.3, 0.4) is 0 Å². The monoisotopic (exact) mass is 260 g/mol. The zero-order chi connectivity index (χ0) is 13.8. The molecule has 0 unspecified atom stereocenters. The molecule has 1 nitrogen and oxygen atoms in total. The second-order valence-electron chi connectivity index (χ2n) is 5.28. The molecular weight excluding hydrogens is 241 g/mol. The van der Waals surface area contributed by atoms with Crippen molar-refractivity contribution in [2.24, 2.45) is 5.41 Å². The summed E-state index contributed by atoms with van der Waals surface area (Å²) in [4.78, 5) is 0. The van der Waals surface area contributed by atoms with Crippen molar-refractivity contribution in [3.05, 3.63) is 29.8 Å². The molecule has 0 aromatic heterocycles. The Balaban J connectivity index is 2.66. The minimum absolute atomic E-state index is 0.167. The van der Waals surface area contributed by atoms with Crippen molar-refractivity contribution in [2.45, 2.75) is 46.4 Å². The number of alkyl halides is 3. The summed E-state index contributed by atoms with van der Waals surface area (Å²) in [5, 5.41) is 0. The number of rotatable bonds is 5. The zero-order valence-electron chi connectivity index (χ0n) is 11.0. The van der Waals surface area contributed by atoms with Gasteiger partial charge in [0, 0.05) is 0 Å². The van der Waals surface area contributed by atoms with Crippen molar-refractivity contribution in [1.82, 2.24) is 0 Å². The number of ether oxygens (including phenoxy) is 1. The van der Waals surface area contributed by atoms with Gasteiger partial charge in [0.15, 0.2) is 0 Å². The van der Waals surface area contributed by atoms with E-state index in [1.165, 1.54) is 12.1 Å². The predicted octanol–water partition coefficient (Wildman–Crippen LogP) is 4.95. The molecule has 0 saturated heterocycles. The van der Waals surface area contributed by atoms with Crippen LogP contribution < -0.4 is 4.74 Å². The number of hydrogen-bond acceptors (Lipinski definition) is 1. The van der Waals surface area contributed by atoms with Gasteiger partial charge < -0.3 is 4.74 Å². The topological polar surface area (TPSA) is 9.23 Å². The maximum absolute atomic E-state index is 12.0. The molecule has 0 radical (unpaired) electrons. The number of hydrogen-bond donors (Lipinski definition) is 0. The standard InChI is InChI=1S/C14H19F3O/c1-4-9-13(2,3)10-11-5-7-12(8-6-11)18-14(15,16)17/h5-8H,4,9-10H2,1-3H3. The largest absolute Gasteiger partial charge is 0.573 e. The van der Waals surface area contributed by atoms with E-state index in [-0.39, 0.29) is 11.2 Å². The van der Waals surface area contributed by atoms with Gasteiger partial charge in [-0.3, -0.25) is 0 Å². The van der Waals surface area contributed by atoms with E-state index in [4.69, 9.17) is 0 Å². The summed E-state index contributed by atoms with van der Waals surface area (Å²) in [5.41, 5.74) is 1.20. The summed E-state index contributed by atoms with van der Waals surface area (Å²) in [6, 6.07) is 6.12. The summed E-state index contributed by atoms with van der Waals surface area (Å²) in [6.45, 7) is 6.45. The van der Waals surface area contributed by atoms with Crippen molar-refractivity contribution >= 4 is 0 Å². The maximum Gasteiger partial charge on any atom is 0.573 e. The van der Waals surface area contributed by atoms with E-state index in [0.717, 1.165) is 24.8 Å². The first-order valence-electron chi connectivity index (χ1n) is 6.06. The fraction of sp³-hybridized carbons (Fsp3) is 0.571. The van der Waals surface area contributed by atoms with E-state index in [0.29, 0.717) is 0 Å². The van der Waals surface area contributed by atoms with Crippen LogP contribution in [0.5, 0.6) is 5.75 Å². The summed E-state index contributed by atoms with van der Waals surface area (Å²) in [7, 11) is 0. The fourth-order valence-electron chi connectivity index (χ4n) is 2.13. The summed E-state index contributed by atoms with van der Waals surface area (Å²) in [6.07, 6.45) is -1.58. The van der Waals surface area contributed by atoms with Crippen LogP contribution in [0, 0.1) is 5.41 Å². The SMILES string of the molecule is CCCC(C)(C)Cc1ccc(OC(F)(F)F)cc1. The van der Waals surface area contributed by atoms with Crippen molar-refractivity contribution < 1.29 is 17.9 Å². The Morgan fingerprint density at radius 2 is 1.61 bits per heavy atom. The van der Waals surface area contributed by atoms with E-state index < -0.39 is 6.36 Å². The molecule has 1 aromatic rings. The normalized spacial score (nSPS) is 12.6. The third kappa shape index (κ3) is 5.43. The Morgan fingerprint density at radius 1 is 1.06 bits per heavy atom. The first-order chi connectivity index (χ1) is 8.22. The lowest BCUT2D eigenvalue weighted by molar-refractivity contribution is -0.274. The lowest BCUT2D eigenvalue weighted by Crippen LogP contribution is -2.17. The molecule has 0 atom stereocenters. The summed E-state index contributed by atoms with van der Waals surface area (Å²) in [5.74, 6) is -0.167. The molecule has 0 bridgehead atoms. The molecule has 0 heterocycles. The molecule has 1 rings (SSSR count). The highest BCUT2D eigenvalue weighted by Gasteiger charge is 2.31. The molecule has 102 valence electrons. The first-order valence-corrected chi connectivity index (χ1v) is 6.06. The maximum atomic E-state index is 12.0. The van der Waals surface area contributed by atoms with Gasteiger partial charge in [-0.2, -0.15) is 0 Å². The van der Waals surface area contributed by atoms with Gasteiger partial charge in [0.1, 0.15) is 5.75 Å². The minimum atomic E-state index is -4.62. The lowest BCUT2D eigenvalue weighted by Gasteiger charge is -2.24. The van der Waals surface area contributed by atoms with Crippen LogP contribution in [0.25, 0.3) is 0 Å². The number of benzene rings is 1. The van der Waals surface area contributed by atoms with Gasteiger partial charge in [0.2, 0.25) is 0 Å². The third-order valence-electron chi connectivity index (χ3n) is 2.77. The average Bonchev–Trinajstić information content (AvgIpc) is 2.18. The van der Waals surface area contributed by atoms with Crippen LogP contribution in [-0.2, 0) is 6.42 Å². The molecule has 0 N–H and O–H groups in total. The van der Waals surface area contributed by atoms with E-state index in [2.05, 4.69) is 25.5 Å². The van der Waals surface area contributed by atoms with E-state index in [9.17, 15) is 13.2 Å². The first kappa shape index (κ1) is 14.9. The predicted molar refractivity (Wildman–Crippen MR) is 65.5 cm³/mol. The van der Waals surface area contributed by atoms with Crippen LogP contribution in [0.1, 0.15) is 39.2 Å². The second-order valence-corrected chi connectivity index (χ2v) is 5.28. The zero-order valence-corrected chi connectivity index (χ0v) is 11.0. The molecule has 0 spiro atoms. The smallest absolute Gasteiger partial charge is 0.406 e. The Morgan fingerprint density at radius 3 is 2.06 bits per heavy atom. The van der Waals surface area contributed by atoms with Gasteiger partial charge in [0.25, 0.3) is 0 Å². The van der Waals surface area contributed by atoms with Crippen molar-refractivity contribution in [3.8, 4) is 5.75 Å².